The Bertz CT molecular complexity index is 491. The maximum absolute atomic E-state index is 4.60. The third-order valence-electron chi connectivity index (χ3n) is 3.15. The number of nitrogens with zero attached hydrogens (tertiary/aromatic N) is 2. The first-order valence-electron chi connectivity index (χ1n) is 6.53. The van der Waals surface area contributed by atoms with Gasteiger partial charge < -0.3 is 10.2 Å². The molecule has 0 aromatic carbocycles. The zero-order chi connectivity index (χ0) is 13.8. The molecule has 2 aromatic heterocycles. The van der Waals surface area contributed by atoms with Gasteiger partial charge in [-0.1, -0.05) is 6.07 Å². The zero-order valence-electron chi connectivity index (χ0n) is 11.9. The van der Waals surface area contributed by atoms with Crippen molar-refractivity contribution in [2.75, 3.05) is 11.9 Å². The van der Waals surface area contributed by atoms with Crippen molar-refractivity contribution in [3.63, 3.8) is 0 Å². The van der Waals surface area contributed by atoms with Gasteiger partial charge in [0.05, 0.1) is 6.54 Å². The number of anilines is 1. The van der Waals surface area contributed by atoms with Crippen molar-refractivity contribution in [3.05, 3.63) is 33.5 Å². The van der Waals surface area contributed by atoms with E-state index in [4.69, 9.17) is 0 Å². The highest BCUT2D eigenvalue weighted by atomic mass is 32.1. The lowest BCUT2D eigenvalue weighted by atomic mass is 10.3. The summed E-state index contributed by atoms with van der Waals surface area (Å²) in [6, 6.07) is 5.10. The molecule has 1 N–H and O–H groups in total. The van der Waals surface area contributed by atoms with Crippen LogP contribution in [0, 0.1) is 0 Å². The van der Waals surface area contributed by atoms with Gasteiger partial charge in [-0.2, -0.15) is 0 Å². The van der Waals surface area contributed by atoms with Crippen molar-refractivity contribution in [1.29, 1.82) is 0 Å². The minimum atomic E-state index is 0.363. The molecule has 3 nitrogen and oxygen atoms in total. The molecule has 19 heavy (non-hydrogen) atoms. The van der Waals surface area contributed by atoms with Crippen LogP contribution in [0.15, 0.2) is 23.7 Å². The molecule has 0 saturated heterocycles. The molecule has 0 aliphatic heterocycles. The Morgan fingerprint density at radius 3 is 2.74 bits per heavy atom. The minimum absolute atomic E-state index is 0.363. The molecule has 1 atom stereocenters. The summed E-state index contributed by atoms with van der Waals surface area (Å²) in [5.74, 6) is 0. The molecule has 2 aromatic rings. The van der Waals surface area contributed by atoms with Gasteiger partial charge in [0.1, 0.15) is 0 Å². The van der Waals surface area contributed by atoms with Gasteiger partial charge in [0.15, 0.2) is 5.13 Å². The molecule has 0 fully saturated rings. The van der Waals surface area contributed by atoms with Crippen LogP contribution in [0.2, 0.25) is 0 Å². The summed E-state index contributed by atoms with van der Waals surface area (Å²) in [6.45, 7) is 7.54. The van der Waals surface area contributed by atoms with Crippen LogP contribution in [0.1, 0.15) is 36.6 Å². The Hall–Kier alpha value is -0.910. The van der Waals surface area contributed by atoms with E-state index < -0.39 is 0 Å². The molecule has 2 rings (SSSR count). The molecule has 0 bridgehead atoms. The normalized spacial score (nSPS) is 12.9. The molecule has 0 amide bonds. The second-order valence-corrected chi connectivity index (χ2v) is 6.93. The fraction of sp³-hybridized carbons (Fsp3) is 0.500. The Morgan fingerprint density at radius 2 is 2.16 bits per heavy atom. The SMILES string of the molecule is CNC(C)c1cnc(N(Cc2cccs2)C(C)C)s1. The smallest absolute Gasteiger partial charge is 0.186 e. The summed E-state index contributed by atoms with van der Waals surface area (Å²) in [5, 5.41) is 6.50. The van der Waals surface area contributed by atoms with Crippen molar-refractivity contribution >= 4 is 27.8 Å². The molecule has 0 saturated carbocycles. The van der Waals surface area contributed by atoms with Gasteiger partial charge in [0, 0.05) is 28.0 Å². The number of hydrogen-bond donors (Lipinski definition) is 1. The van der Waals surface area contributed by atoms with Gasteiger partial charge in [-0.15, -0.1) is 22.7 Å². The van der Waals surface area contributed by atoms with Crippen LogP contribution in [0.5, 0.6) is 0 Å². The molecule has 0 radical (unpaired) electrons. The van der Waals surface area contributed by atoms with E-state index in [1.165, 1.54) is 9.75 Å². The van der Waals surface area contributed by atoms with Gasteiger partial charge in [0.25, 0.3) is 0 Å². The second kappa shape index (κ2) is 6.50. The van der Waals surface area contributed by atoms with Crippen LogP contribution in [-0.4, -0.2) is 18.1 Å². The first kappa shape index (κ1) is 14.5. The average molecular weight is 295 g/mol. The molecule has 5 heteroatoms. The van der Waals surface area contributed by atoms with Gasteiger partial charge in [-0.3, -0.25) is 0 Å². The van der Waals surface area contributed by atoms with E-state index in [2.05, 4.69) is 53.5 Å². The number of hydrogen-bond acceptors (Lipinski definition) is 5. The zero-order valence-corrected chi connectivity index (χ0v) is 13.5. The standard InChI is InChI=1S/C14H21N3S2/c1-10(2)17(9-12-6-5-7-18-12)14-16-8-13(19-14)11(3)15-4/h5-8,10-11,15H,9H2,1-4H3. The van der Waals surface area contributed by atoms with Crippen LogP contribution in [0.3, 0.4) is 0 Å². The third-order valence-corrected chi connectivity index (χ3v) is 5.22. The lowest BCUT2D eigenvalue weighted by Gasteiger charge is -2.25. The van der Waals surface area contributed by atoms with Crippen molar-refractivity contribution in [1.82, 2.24) is 10.3 Å². The summed E-state index contributed by atoms with van der Waals surface area (Å²) < 4.78 is 0. The van der Waals surface area contributed by atoms with Gasteiger partial charge in [0.2, 0.25) is 0 Å². The maximum atomic E-state index is 4.60. The molecule has 0 aliphatic rings. The van der Waals surface area contributed by atoms with E-state index in [9.17, 15) is 0 Å². The molecule has 2 heterocycles. The highest BCUT2D eigenvalue weighted by Gasteiger charge is 2.17. The van der Waals surface area contributed by atoms with Crippen molar-refractivity contribution in [2.24, 2.45) is 0 Å². The predicted octanol–water partition coefficient (Wildman–Crippen LogP) is 3.90. The summed E-state index contributed by atoms with van der Waals surface area (Å²) in [7, 11) is 1.98. The van der Waals surface area contributed by atoms with Crippen LogP contribution in [0.25, 0.3) is 0 Å². The van der Waals surface area contributed by atoms with Crippen LogP contribution in [0.4, 0.5) is 5.13 Å². The Kier molecular flexibility index (Phi) is 4.96. The molecule has 0 aliphatic carbocycles. The Morgan fingerprint density at radius 1 is 1.37 bits per heavy atom. The first-order chi connectivity index (χ1) is 9.11. The van der Waals surface area contributed by atoms with E-state index in [1.807, 2.05) is 13.2 Å². The quantitative estimate of drug-likeness (QED) is 0.876. The van der Waals surface area contributed by atoms with E-state index in [0.29, 0.717) is 12.1 Å². The number of rotatable bonds is 6. The lowest BCUT2D eigenvalue weighted by molar-refractivity contribution is 0.662. The highest BCUT2D eigenvalue weighted by molar-refractivity contribution is 7.15. The van der Waals surface area contributed by atoms with Crippen LogP contribution < -0.4 is 10.2 Å². The van der Waals surface area contributed by atoms with E-state index in [-0.39, 0.29) is 0 Å². The van der Waals surface area contributed by atoms with Crippen molar-refractivity contribution in [3.8, 4) is 0 Å². The highest BCUT2D eigenvalue weighted by Crippen LogP contribution is 2.29. The lowest BCUT2D eigenvalue weighted by Crippen LogP contribution is -2.29. The Balaban J connectivity index is 2.17. The monoisotopic (exact) mass is 295 g/mol. The first-order valence-corrected chi connectivity index (χ1v) is 8.23. The largest absolute Gasteiger partial charge is 0.341 e. The van der Waals surface area contributed by atoms with Crippen LogP contribution >= 0.6 is 22.7 Å². The molecule has 104 valence electrons. The summed E-state index contributed by atoms with van der Waals surface area (Å²) in [6.07, 6.45) is 1.99. The number of thiazole rings is 1. The van der Waals surface area contributed by atoms with Gasteiger partial charge >= 0.3 is 0 Å². The molecular formula is C14H21N3S2. The minimum Gasteiger partial charge on any atom is -0.341 e. The van der Waals surface area contributed by atoms with Gasteiger partial charge in [-0.25, -0.2) is 4.98 Å². The number of aromatic nitrogens is 1. The van der Waals surface area contributed by atoms with E-state index >= 15 is 0 Å². The second-order valence-electron chi connectivity index (χ2n) is 4.86. The summed E-state index contributed by atoms with van der Waals surface area (Å²) in [4.78, 5) is 9.63. The maximum Gasteiger partial charge on any atom is 0.186 e. The fourth-order valence-corrected chi connectivity index (χ4v) is 3.61. The summed E-state index contributed by atoms with van der Waals surface area (Å²) in [5.41, 5.74) is 0. The number of thiophene rings is 1. The van der Waals surface area contributed by atoms with Crippen molar-refractivity contribution < 1.29 is 0 Å². The van der Waals surface area contributed by atoms with Crippen molar-refractivity contribution in [2.45, 2.75) is 39.4 Å². The molecule has 1 unspecified atom stereocenters. The molecule has 0 spiro atoms. The third kappa shape index (κ3) is 3.55. The summed E-state index contributed by atoms with van der Waals surface area (Å²) >= 11 is 3.58. The fourth-order valence-electron chi connectivity index (χ4n) is 1.79. The van der Waals surface area contributed by atoms with Crippen LogP contribution in [-0.2, 0) is 6.54 Å². The van der Waals surface area contributed by atoms with E-state index in [1.54, 1.807) is 22.7 Å². The van der Waals surface area contributed by atoms with Gasteiger partial charge in [-0.05, 0) is 39.3 Å². The topological polar surface area (TPSA) is 28.2 Å². The number of nitrogens with one attached hydrogen (secondary N) is 1. The molecular weight excluding hydrogens is 274 g/mol. The average Bonchev–Trinajstić information content (AvgIpc) is 3.05. The Labute approximate surface area is 123 Å². The predicted molar refractivity (Wildman–Crippen MR) is 85.2 cm³/mol. The van der Waals surface area contributed by atoms with E-state index in [0.717, 1.165) is 11.7 Å².